The summed E-state index contributed by atoms with van der Waals surface area (Å²) in [6.45, 7) is 4.11. The molecule has 0 bridgehead atoms. The van der Waals surface area contributed by atoms with Gasteiger partial charge in [-0.3, -0.25) is 0 Å². The van der Waals surface area contributed by atoms with Crippen LogP contribution in [0, 0.1) is 0 Å². The Bertz CT molecular complexity index is 256. The first-order chi connectivity index (χ1) is 7.38. The fourth-order valence-corrected chi connectivity index (χ4v) is 1.50. The van der Waals surface area contributed by atoms with Gasteiger partial charge in [0.2, 0.25) is 0 Å². The second kappa shape index (κ2) is 10.4. The summed E-state index contributed by atoms with van der Waals surface area (Å²) in [5.74, 6) is 0. The van der Waals surface area contributed by atoms with Crippen LogP contribution in [-0.2, 0) is 16.5 Å². The van der Waals surface area contributed by atoms with Crippen LogP contribution in [0.3, 0.4) is 0 Å². The van der Waals surface area contributed by atoms with Gasteiger partial charge in [-0.1, -0.05) is 18.2 Å². The summed E-state index contributed by atoms with van der Waals surface area (Å²) in [7, 11) is 9.75. The van der Waals surface area contributed by atoms with Crippen molar-refractivity contribution in [3.8, 4) is 0 Å². The molecule has 1 heterocycles. The zero-order valence-electron chi connectivity index (χ0n) is 8.76. The van der Waals surface area contributed by atoms with Gasteiger partial charge in [0.25, 0.3) is 0 Å². The van der Waals surface area contributed by atoms with Gasteiger partial charge in [0, 0.05) is 5.69 Å². The largest absolute Gasteiger partial charge is 0.693 e. The number of hydrogen-bond donors (Lipinski definition) is 0. The number of hydrogen-bond acceptors (Lipinski definition) is 1. The number of benzene rings is 1. The summed E-state index contributed by atoms with van der Waals surface area (Å²) in [5, 5.41) is 4.31. The molecule has 2 N–H and O–H groups in total. The number of rotatable bonds is 1. The number of halogens is 2. The molecule has 2 rings (SSSR count). The second-order valence-corrected chi connectivity index (χ2v) is 6.32. The molecule has 1 aromatic rings. The van der Waals surface area contributed by atoms with Crippen LogP contribution < -0.4 is 4.90 Å². The Morgan fingerprint density at radius 3 is 2.06 bits per heavy atom. The minimum atomic E-state index is -0.472. The summed E-state index contributed by atoms with van der Waals surface area (Å²) in [6.07, 6.45) is 0. The van der Waals surface area contributed by atoms with Crippen molar-refractivity contribution in [3.63, 3.8) is 0 Å². The third-order valence-electron chi connectivity index (χ3n) is 2.18. The molecule has 0 saturated carbocycles. The first-order valence-corrected chi connectivity index (χ1v) is 10.3. The van der Waals surface area contributed by atoms with E-state index in [9.17, 15) is 0 Å². The van der Waals surface area contributed by atoms with Gasteiger partial charge in [0.1, 0.15) is 0 Å². The molecule has 1 saturated heterocycles. The van der Waals surface area contributed by atoms with Crippen molar-refractivity contribution in [2.45, 2.75) is 0 Å². The third-order valence-corrected chi connectivity index (χ3v) is 2.18. The van der Waals surface area contributed by atoms with E-state index in [1.54, 1.807) is 0 Å². The van der Waals surface area contributed by atoms with E-state index in [2.05, 4.69) is 40.5 Å². The van der Waals surface area contributed by atoms with Crippen LogP contribution in [0.2, 0.25) is 0 Å². The van der Waals surface area contributed by atoms with Crippen LogP contribution in [0.25, 0.3) is 11.5 Å². The van der Waals surface area contributed by atoms with Gasteiger partial charge in [-0.25, -0.2) is 0 Å². The molecule has 0 radical (unpaired) electrons. The molecule has 1 aliphatic rings. The van der Waals surface area contributed by atoms with Gasteiger partial charge in [0.05, 0.1) is 0 Å². The molecule has 0 unspecified atom stereocenters. The minimum Gasteiger partial charge on any atom is -0.693 e. The second-order valence-electron chi connectivity index (χ2n) is 3.04. The van der Waals surface area contributed by atoms with E-state index in [-0.39, 0.29) is 6.15 Å². The molecular weight excluding hydrogens is 428 g/mol. The molecule has 1 fully saturated rings. The van der Waals surface area contributed by atoms with Gasteiger partial charge < -0.3 is 16.4 Å². The predicted octanol–water partition coefficient (Wildman–Crippen LogP) is 3.97. The molecule has 1 aliphatic heterocycles. The summed E-state index contributed by atoms with van der Waals surface area (Å²) >= 11 is -0.472. The summed E-state index contributed by atoms with van der Waals surface area (Å²) in [6, 6.07) is 10.5. The molecular formula is C10H15Cl2N3Pt. The summed E-state index contributed by atoms with van der Waals surface area (Å²) in [4.78, 5) is 2.38. The molecule has 0 spiro atoms. The quantitative estimate of drug-likeness (QED) is 0.648. The van der Waals surface area contributed by atoms with Crippen LogP contribution in [0.5, 0.6) is 0 Å². The number of nitrogens with two attached hydrogens (primary N) is 1. The zero-order chi connectivity index (χ0) is 10.9. The molecule has 1 aromatic carbocycles. The van der Waals surface area contributed by atoms with E-state index in [1.807, 2.05) is 0 Å². The van der Waals surface area contributed by atoms with E-state index < -0.39 is 16.5 Å². The maximum absolute atomic E-state index is 4.88. The first kappa shape index (κ1) is 16.2. The zero-order valence-corrected chi connectivity index (χ0v) is 12.5. The Labute approximate surface area is 113 Å². The van der Waals surface area contributed by atoms with E-state index >= 15 is 0 Å². The average molecular weight is 443 g/mol. The third kappa shape index (κ3) is 6.07. The number of nitrogens with zero attached hydrogens (tertiary/aromatic N) is 2. The minimum absolute atomic E-state index is 0. The molecule has 0 amide bonds. The standard InChI is InChI=1S/C10H13N2.2ClH.H2N.Pt/c1-2-4-10(5-3-1)12-8-6-11-7-9-12;;;;/h1-5H,6-9H2;2*1H;1H2;/q-1;;;-1;+4/p-2. The van der Waals surface area contributed by atoms with Crippen molar-refractivity contribution in [2.75, 3.05) is 31.1 Å². The Kier molecular flexibility index (Phi) is 10.5. The maximum atomic E-state index is 4.88. The molecule has 6 heteroatoms. The van der Waals surface area contributed by atoms with Crippen molar-refractivity contribution in [2.24, 2.45) is 0 Å². The normalized spacial score (nSPS) is 14.8. The van der Waals surface area contributed by atoms with Gasteiger partial charge in [-0.05, 0) is 25.2 Å². The Morgan fingerprint density at radius 1 is 1.06 bits per heavy atom. The van der Waals surface area contributed by atoms with E-state index in [0.29, 0.717) is 0 Å². The monoisotopic (exact) mass is 442 g/mol. The Balaban J connectivity index is 0.000000511. The van der Waals surface area contributed by atoms with Crippen LogP contribution in [0.1, 0.15) is 0 Å². The Morgan fingerprint density at radius 2 is 1.56 bits per heavy atom. The van der Waals surface area contributed by atoms with Gasteiger partial charge in [0.15, 0.2) is 0 Å². The van der Waals surface area contributed by atoms with Gasteiger partial charge in [-0.15, -0.1) is 13.1 Å². The molecule has 0 aromatic heterocycles. The maximum Gasteiger partial charge on any atom is 0.0365 e. The van der Waals surface area contributed by atoms with Crippen LogP contribution in [0.15, 0.2) is 30.3 Å². The number of anilines is 1. The first-order valence-electron chi connectivity index (χ1n) is 4.64. The van der Waals surface area contributed by atoms with Gasteiger partial charge in [-0.2, -0.15) is 0 Å². The summed E-state index contributed by atoms with van der Waals surface area (Å²) < 4.78 is 0. The molecule has 0 atom stereocenters. The van der Waals surface area contributed by atoms with E-state index in [4.69, 9.17) is 18.8 Å². The molecule has 0 aliphatic carbocycles. The molecule has 3 nitrogen and oxygen atoms in total. The van der Waals surface area contributed by atoms with E-state index in [1.165, 1.54) is 5.69 Å². The average Bonchev–Trinajstić information content (AvgIpc) is 2.32. The SMILES string of the molecule is [Cl][Pt+2][Cl].[NH2-].c1ccc(N2CC[N-]CC2)cc1. The van der Waals surface area contributed by atoms with Crippen molar-refractivity contribution < 1.29 is 16.5 Å². The van der Waals surface area contributed by atoms with Gasteiger partial charge >= 0.3 is 35.3 Å². The molecule has 94 valence electrons. The summed E-state index contributed by atoms with van der Waals surface area (Å²) in [5.41, 5.74) is 1.33. The predicted molar refractivity (Wildman–Crippen MR) is 68.7 cm³/mol. The topological polar surface area (TPSA) is 50.8 Å². The fourth-order valence-electron chi connectivity index (χ4n) is 1.50. The van der Waals surface area contributed by atoms with Crippen LogP contribution in [-0.4, -0.2) is 26.2 Å². The smallest absolute Gasteiger partial charge is 0.0365 e. The Hall–Kier alpha value is 0.208. The van der Waals surface area contributed by atoms with Crippen LogP contribution in [0.4, 0.5) is 5.69 Å². The van der Waals surface area contributed by atoms with Crippen LogP contribution >= 0.6 is 18.8 Å². The van der Waals surface area contributed by atoms with Crippen molar-refractivity contribution in [1.82, 2.24) is 0 Å². The molecule has 16 heavy (non-hydrogen) atoms. The van der Waals surface area contributed by atoms with E-state index in [0.717, 1.165) is 26.2 Å². The van der Waals surface area contributed by atoms with Crippen molar-refractivity contribution >= 4 is 24.5 Å². The fraction of sp³-hybridized carbons (Fsp3) is 0.400. The number of para-hydroxylation sites is 1. The number of piperazine rings is 1. The van der Waals surface area contributed by atoms with Crippen molar-refractivity contribution in [3.05, 3.63) is 41.8 Å². The van der Waals surface area contributed by atoms with Crippen molar-refractivity contribution in [1.29, 1.82) is 0 Å².